The molecule has 2 N–H and O–H groups in total. The molecule has 1 aliphatic heterocycles. The third-order valence-electron chi connectivity index (χ3n) is 2.93. The largest absolute Gasteiger partial charge is 0.372 e. The molecule has 0 saturated carbocycles. The maximum atomic E-state index is 11.9. The summed E-state index contributed by atoms with van der Waals surface area (Å²) in [5, 5.41) is 2.04. The lowest BCUT2D eigenvalue weighted by Crippen LogP contribution is -2.87. The molecule has 1 saturated heterocycles. The standard InChI is InChI=1S/C13H16BrNO2/c14-11-4-1-3-10(7-11)13(16)9-15-8-12-5-2-6-17-12/h1,3-4,7,12,15H,2,5-6,8-9H2/p+1/t12-/m0/s1. The van der Waals surface area contributed by atoms with Crippen LogP contribution in [0.3, 0.4) is 0 Å². The highest BCUT2D eigenvalue weighted by Crippen LogP contribution is 2.11. The fourth-order valence-electron chi connectivity index (χ4n) is 2.01. The van der Waals surface area contributed by atoms with E-state index >= 15 is 0 Å². The van der Waals surface area contributed by atoms with Gasteiger partial charge in [-0.2, -0.15) is 0 Å². The van der Waals surface area contributed by atoms with Crippen LogP contribution in [0.5, 0.6) is 0 Å². The molecule has 1 aromatic rings. The molecule has 0 bridgehead atoms. The van der Waals surface area contributed by atoms with Crippen molar-refractivity contribution >= 4 is 21.7 Å². The maximum absolute atomic E-state index is 11.9. The SMILES string of the molecule is O=C(C[NH2+]C[C@@H]1CCCO1)c1cccc(Br)c1. The number of rotatable bonds is 5. The van der Waals surface area contributed by atoms with Gasteiger partial charge in [0.1, 0.15) is 19.2 Å². The van der Waals surface area contributed by atoms with Crippen LogP contribution in [0.1, 0.15) is 23.2 Å². The molecule has 1 atom stereocenters. The van der Waals surface area contributed by atoms with Gasteiger partial charge in [0.25, 0.3) is 0 Å². The van der Waals surface area contributed by atoms with Gasteiger partial charge in [0.2, 0.25) is 5.78 Å². The van der Waals surface area contributed by atoms with Crippen LogP contribution in [-0.2, 0) is 4.74 Å². The van der Waals surface area contributed by atoms with Crippen LogP contribution in [0.25, 0.3) is 0 Å². The predicted molar refractivity (Wildman–Crippen MR) is 69.1 cm³/mol. The van der Waals surface area contributed by atoms with E-state index in [0.717, 1.165) is 36.0 Å². The van der Waals surface area contributed by atoms with Crippen molar-refractivity contribution in [1.29, 1.82) is 0 Å². The molecule has 2 rings (SSSR count). The van der Waals surface area contributed by atoms with Crippen molar-refractivity contribution in [2.45, 2.75) is 18.9 Å². The Bertz CT molecular complexity index is 389. The molecule has 3 nitrogen and oxygen atoms in total. The summed E-state index contributed by atoms with van der Waals surface area (Å²) in [5.74, 6) is 0.171. The zero-order valence-corrected chi connectivity index (χ0v) is 11.3. The van der Waals surface area contributed by atoms with Crippen LogP contribution in [0, 0.1) is 0 Å². The van der Waals surface area contributed by atoms with E-state index in [1.807, 2.05) is 29.6 Å². The number of ether oxygens (including phenoxy) is 1. The summed E-state index contributed by atoms with van der Waals surface area (Å²) in [6, 6.07) is 7.53. The lowest BCUT2D eigenvalue weighted by Gasteiger charge is -2.07. The van der Waals surface area contributed by atoms with Gasteiger partial charge in [-0.1, -0.05) is 28.1 Å². The van der Waals surface area contributed by atoms with Crippen LogP contribution in [-0.4, -0.2) is 31.6 Å². The normalized spacial score (nSPS) is 19.5. The summed E-state index contributed by atoms with van der Waals surface area (Å²) < 4.78 is 6.46. The average molecular weight is 299 g/mol. The number of quaternary nitrogens is 1. The Morgan fingerprint density at radius 1 is 1.53 bits per heavy atom. The molecule has 0 amide bonds. The third kappa shape index (κ3) is 3.91. The number of carbonyl (C=O) groups excluding carboxylic acids is 1. The molecular formula is C13H17BrNO2+. The summed E-state index contributed by atoms with van der Waals surface area (Å²) in [6.07, 6.45) is 2.62. The smallest absolute Gasteiger partial charge is 0.216 e. The van der Waals surface area contributed by atoms with E-state index in [1.165, 1.54) is 0 Å². The Morgan fingerprint density at radius 3 is 3.12 bits per heavy atom. The van der Waals surface area contributed by atoms with E-state index < -0.39 is 0 Å². The quantitative estimate of drug-likeness (QED) is 0.835. The first kappa shape index (κ1) is 12.7. The zero-order chi connectivity index (χ0) is 12.1. The maximum Gasteiger partial charge on any atom is 0.216 e. The average Bonchev–Trinajstić information content (AvgIpc) is 2.82. The first-order valence-electron chi connectivity index (χ1n) is 5.98. The van der Waals surface area contributed by atoms with Crippen molar-refractivity contribution in [1.82, 2.24) is 0 Å². The molecular weight excluding hydrogens is 282 g/mol. The number of ketones is 1. The molecule has 0 aliphatic carbocycles. The van der Waals surface area contributed by atoms with E-state index in [-0.39, 0.29) is 5.78 Å². The Hall–Kier alpha value is -0.710. The number of hydrogen-bond donors (Lipinski definition) is 1. The van der Waals surface area contributed by atoms with Crippen LogP contribution in [0.2, 0.25) is 0 Å². The number of hydrogen-bond acceptors (Lipinski definition) is 2. The summed E-state index contributed by atoms with van der Waals surface area (Å²) in [7, 11) is 0. The van der Waals surface area contributed by atoms with Crippen molar-refractivity contribution < 1.29 is 14.8 Å². The minimum absolute atomic E-state index is 0.171. The van der Waals surface area contributed by atoms with E-state index in [2.05, 4.69) is 15.9 Å². The molecule has 17 heavy (non-hydrogen) atoms. The minimum Gasteiger partial charge on any atom is -0.372 e. The predicted octanol–water partition coefficient (Wildman–Crippen LogP) is 1.37. The van der Waals surface area contributed by atoms with Crippen molar-refractivity contribution in [3.63, 3.8) is 0 Å². The third-order valence-corrected chi connectivity index (χ3v) is 3.42. The first-order chi connectivity index (χ1) is 8.25. The van der Waals surface area contributed by atoms with E-state index in [9.17, 15) is 4.79 Å². The molecule has 1 fully saturated rings. The molecule has 1 aliphatic rings. The van der Waals surface area contributed by atoms with Crippen molar-refractivity contribution in [3.05, 3.63) is 34.3 Å². The first-order valence-corrected chi connectivity index (χ1v) is 6.77. The summed E-state index contributed by atoms with van der Waals surface area (Å²) in [5.41, 5.74) is 0.767. The number of halogens is 1. The summed E-state index contributed by atoms with van der Waals surface area (Å²) >= 11 is 3.37. The Balaban J connectivity index is 1.77. The highest BCUT2D eigenvalue weighted by atomic mass is 79.9. The zero-order valence-electron chi connectivity index (χ0n) is 9.69. The Kier molecular flexibility index (Phi) is 4.71. The molecule has 92 valence electrons. The van der Waals surface area contributed by atoms with Crippen molar-refractivity contribution in [2.24, 2.45) is 0 Å². The van der Waals surface area contributed by atoms with Gasteiger partial charge in [0.05, 0.1) is 0 Å². The number of nitrogens with two attached hydrogens (primary N) is 1. The summed E-state index contributed by atoms with van der Waals surface area (Å²) in [4.78, 5) is 11.9. The molecule has 1 heterocycles. The summed E-state index contributed by atoms with van der Waals surface area (Å²) in [6.45, 7) is 2.26. The van der Waals surface area contributed by atoms with Gasteiger partial charge in [0.15, 0.2) is 0 Å². The lowest BCUT2D eigenvalue weighted by molar-refractivity contribution is -0.648. The van der Waals surface area contributed by atoms with Crippen molar-refractivity contribution in [3.8, 4) is 0 Å². The second-order valence-electron chi connectivity index (χ2n) is 4.30. The molecule has 1 aromatic carbocycles. The number of benzene rings is 1. The minimum atomic E-state index is 0.171. The van der Waals surface area contributed by atoms with E-state index in [1.54, 1.807) is 0 Å². The fourth-order valence-corrected chi connectivity index (χ4v) is 2.41. The monoisotopic (exact) mass is 298 g/mol. The lowest BCUT2D eigenvalue weighted by atomic mass is 10.1. The van der Waals surface area contributed by atoms with Gasteiger partial charge in [-0.15, -0.1) is 0 Å². The molecule has 0 aromatic heterocycles. The van der Waals surface area contributed by atoms with Crippen molar-refractivity contribution in [2.75, 3.05) is 19.7 Å². The molecule has 4 heteroatoms. The van der Waals surface area contributed by atoms with Crippen LogP contribution >= 0.6 is 15.9 Å². The fraction of sp³-hybridized carbons (Fsp3) is 0.462. The second-order valence-corrected chi connectivity index (χ2v) is 5.21. The van der Waals surface area contributed by atoms with E-state index in [4.69, 9.17) is 4.74 Å². The number of carbonyl (C=O) groups is 1. The van der Waals surface area contributed by atoms with Gasteiger partial charge < -0.3 is 10.1 Å². The van der Waals surface area contributed by atoms with Crippen LogP contribution in [0.4, 0.5) is 0 Å². The van der Waals surface area contributed by atoms with Gasteiger partial charge in [-0.05, 0) is 25.0 Å². The molecule has 0 spiro atoms. The van der Waals surface area contributed by atoms with Crippen LogP contribution in [0.15, 0.2) is 28.7 Å². The van der Waals surface area contributed by atoms with Gasteiger partial charge in [-0.3, -0.25) is 4.79 Å². The topological polar surface area (TPSA) is 42.9 Å². The molecule has 0 unspecified atom stereocenters. The highest BCUT2D eigenvalue weighted by Gasteiger charge is 2.17. The van der Waals surface area contributed by atoms with Gasteiger partial charge in [-0.25, -0.2) is 0 Å². The van der Waals surface area contributed by atoms with E-state index in [0.29, 0.717) is 12.6 Å². The Morgan fingerprint density at radius 2 is 2.41 bits per heavy atom. The van der Waals surface area contributed by atoms with Crippen LogP contribution < -0.4 is 5.32 Å². The number of Topliss-reactive ketones (excluding diaryl/α,β-unsaturated/α-hetero) is 1. The van der Waals surface area contributed by atoms with Gasteiger partial charge >= 0.3 is 0 Å². The Labute approximate surface area is 110 Å². The molecule has 0 radical (unpaired) electrons. The second kappa shape index (κ2) is 6.28. The highest BCUT2D eigenvalue weighted by molar-refractivity contribution is 9.10. The van der Waals surface area contributed by atoms with Gasteiger partial charge in [0, 0.05) is 16.6 Å².